The van der Waals surface area contributed by atoms with Crippen LogP contribution in [0.4, 0.5) is 0 Å². The summed E-state index contributed by atoms with van der Waals surface area (Å²) in [7, 11) is 0. The Morgan fingerprint density at radius 3 is 2.43 bits per heavy atom. The van der Waals surface area contributed by atoms with Gasteiger partial charge in [-0.15, -0.1) is 5.10 Å². The molecule has 0 spiro atoms. The average molecular weight is 323 g/mol. The second kappa shape index (κ2) is 7.24. The van der Waals surface area contributed by atoms with E-state index < -0.39 is 0 Å². The van der Waals surface area contributed by atoms with Gasteiger partial charge in [-0.05, 0) is 12.5 Å². The Balaban J connectivity index is 1.63. The van der Waals surface area contributed by atoms with Crippen molar-refractivity contribution in [1.82, 2.24) is 15.2 Å². The van der Waals surface area contributed by atoms with E-state index in [1.807, 2.05) is 55.5 Å². The van der Waals surface area contributed by atoms with Gasteiger partial charge in [-0.3, -0.25) is 9.89 Å². The number of carbonyl (C=O) groups excluding carboxylic acids is 1. The molecular formula is C18H17N3OS. The number of rotatable bonds is 6. The van der Waals surface area contributed by atoms with Crippen molar-refractivity contribution in [2.75, 3.05) is 0 Å². The van der Waals surface area contributed by atoms with Crippen LogP contribution in [0.15, 0.2) is 65.8 Å². The van der Waals surface area contributed by atoms with Crippen molar-refractivity contribution >= 4 is 17.5 Å². The third-order valence-electron chi connectivity index (χ3n) is 3.44. The van der Waals surface area contributed by atoms with E-state index in [9.17, 15) is 4.79 Å². The van der Waals surface area contributed by atoms with Gasteiger partial charge in [-0.2, -0.15) is 0 Å². The molecule has 5 heteroatoms. The standard InChI is InChI=1S/C18H17N3OS/c1-13(17(22)15-10-6-3-7-11-15)23-18-19-16(20-21-18)12-14-8-4-2-5-9-14/h2-11,13H,12H2,1H3,(H,19,20,21). The number of thioether (sulfide) groups is 1. The minimum atomic E-state index is -0.224. The molecule has 0 fully saturated rings. The summed E-state index contributed by atoms with van der Waals surface area (Å²) in [5.74, 6) is 0.892. The molecule has 4 nitrogen and oxygen atoms in total. The van der Waals surface area contributed by atoms with Crippen LogP contribution in [0, 0.1) is 0 Å². The maximum atomic E-state index is 12.4. The minimum Gasteiger partial charge on any atom is -0.293 e. The van der Waals surface area contributed by atoms with E-state index in [0.717, 1.165) is 5.82 Å². The number of ketones is 1. The number of H-pyrrole nitrogens is 1. The molecule has 0 bridgehead atoms. The molecule has 0 saturated carbocycles. The van der Waals surface area contributed by atoms with Crippen LogP contribution in [0.2, 0.25) is 0 Å². The molecular weight excluding hydrogens is 306 g/mol. The number of aromatic amines is 1. The van der Waals surface area contributed by atoms with E-state index in [-0.39, 0.29) is 11.0 Å². The lowest BCUT2D eigenvalue weighted by molar-refractivity contribution is 0.0994. The van der Waals surface area contributed by atoms with Crippen LogP contribution in [0.3, 0.4) is 0 Å². The van der Waals surface area contributed by atoms with Crippen LogP contribution < -0.4 is 0 Å². The van der Waals surface area contributed by atoms with E-state index in [0.29, 0.717) is 17.1 Å². The first-order chi connectivity index (χ1) is 11.2. The zero-order valence-electron chi connectivity index (χ0n) is 12.8. The van der Waals surface area contributed by atoms with Crippen LogP contribution in [0.1, 0.15) is 28.7 Å². The predicted octanol–water partition coefficient (Wildman–Crippen LogP) is 3.76. The Kier molecular flexibility index (Phi) is 4.88. The molecule has 3 rings (SSSR count). The SMILES string of the molecule is CC(Sc1n[nH]c(Cc2ccccc2)n1)C(=O)c1ccccc1. The summed E-state index contributed by atoms with van der Waals surface area (Å²) in [6.07, 6.45) is 0.704. The first-order valence-corrected chi connectivity index (χ1v) is 8.31. The number of nitrogens with zero attached hydrogens (tertiary/aromatic N) is 2. The van der Waals surface area contributed by atoms with Crippen LogP contribution in [-0.4, -0.2) is 26.2 Å². The van der Waals surface area contributed by atoms with E-state index >= 15 is 0 Å². The summed E-state index contributed by atoms with van der Waals surface area (Å²) in [5.41, 5.74) is 1.89. The second-order valence-corrected chi connectivity index (χ2v) is 6.53. The van der Waals surface area contributed by atoms with Crippen molar-refractivity contribution in [3.05, 3.63) is 77.6 Å². The lowest BCUT2D eigenvalue weighted by atomic mass is 10.1. The molecule has 0 aliphatic rings. The second-order valence-electron chi connectivity index (χ2n) is 5.22. The molecule has 2 aromatic carbocycles. The van der Waals surface area contributed by atoms with Crippen molar-refractivity contribution in [2.24, 2.45) is 0 Å². The van der Waals surface area contributed by atoms with Gasteiger partial charge in [0.15, 0.2) is 5.78 Å². The highest BCUT2D eigenvalue weighted by Gasteiger charge is 2.18. The molecule has 0 aliphatic heterocycles. The lowest BCUT2D eigenvalue weighted by Gasteiger charge is -2.07. The fraction of sp³-hybridized carbons (Fsp3) is 0.167. The largest absolute Gasteiger partial charge is 0.293 e. The van der Waals surface area contributed by atoms with Crippen LogP contribution >= 0.6 is 11.8 Å². The summed E-state index contributed by atoms with van der Waals surface area (Å²) < 4.78 is 0. The Hall–Kier alpha value is -2.40. The van der Waals surface area contributed by atoms with Gasteiger partial charge in [0.2, 0.25) is 5.16 Å². The Labute approximate surface area is 139 Å². The van der Waals surface area contributed by atoms with Gasteiger partial charge in [0.05, 0.1) is 5.25 Å². The third-order valence-corrected chi connectivity index (χ3v) is 4.40. The molecule has 1 N–H and O–H groups in total. The van der Waals surface area contributed by atoms with Gasteiger partial charge < -0.3 is 0 Å². The number of carbonyl (C=O) groups is 1. The Bertz CT molecular complexity index is 771. The molecule has 1 heterocycles. The Morgan fingerprint density at radius 1 is 1.09 bits per heavy atom. The van der Waals surface area contributed by atoms with Gasteiger partial charge in [0.25, 0.3) is 0 Å². The zero-order chi connectivity index (χ0) is 16.1. The van der Waals surface area contributed by atoms with Crippen molar-refractivity contribution in [3.63, 3.8) is 0 Å². The number of benzene rings is 2. The third kappa shape index (κ3) is 4.07. The normalized spacial score (nSPS) is 12.0. The smallest absolute Gasteiger partial charge is 0.209 e. The Morgan fingerprint density at radius 2 is 1.74 bits per heavy atom. The number of hydrogen-bond acceptors (Lipinski definition) is 4. The zero-order valence-corrected chi connectivity index (χ0v) is 13.6. The summed E-state index contributed by atoms with van der Waals surface area (Å²) in [5, 5.41) is 7.53. The van der Waals surface area contributed by atoms with Gasteiger partial charge in [-0.1, -0.05) is 72.4 Å². The molecule has 23 heavy (non-hydrogen) atoms. The van der Waals surface area contributed by atoms with E-state index in [1.54, 1.807) is 0 Å². The lowest BCUT2D eigenvalue weighted by Crippen LogP contribution is -2.13. The van der Waals surface area contributed by atoms with E-state index in [4.69, 9.17) is 0 Å². The first kappa shape index (κ1) is 15.5. The fourth-order valence-corrected chi connectivity index (χ4v) is 3.07. The molecule has 0 aliphatic carbocycles. The maximum Gasteiger partial charge on any atom is 0.209 e. The van der Waals surface area contributed by atoms with Gasteiger partial charge in [-0.25, -0.2) is 4.98 Å². The number of Topliss-reactive ketones (excluding diaryl/α,β-unsaturated/α-hetero) is 1. The van der Waals surface area contributed by atoms with Crippen molar-refractivity contribution in [2.45, 2.75) is 23.8 Å². The molecule has 0 amide bonds. The van der Waals surface area contributed by atoms with Crippen molar-refractivity contribution in [1.29, 1.82) is 0 Å². The minimum absolute atomic E-state index is 0.0880. The molecule has 0 radical (unpaired) electrons. The number of aromatic nitrogens is 3. The predicted molar refractivity (Wildman–Crippen MR) is 91.7 cm³/mol. The number of hydrogen-bond donors (Lipinski definition) is 1. The van der Waals surface area contributed by atoms with Gasteiger partial charge in [0.1, 0.15) is 5.82 Å². The topological polar surface area (TPSA) is 58.6 Å². The van der Waals surface area contributed by atoms with Crippen LogP contribution in [0.25, 0.3) is 0 Å². The highest BCUT2D eigenvalue weighted by molar-refractivity contribution is 8.00. The summed E-state index contributed by atoms with van der Waals surface area (Å²) in [6, 6.07) is 19.4. The van der Waals surface area contributed by atoms with E-state index in [1.165, 1.54) is 17.3 Å². The quantitative estimate of drug-likeness (QED) is 0.554. The first-order valence-electron chi connectivity index (χ1n) is 7.43. The summed E-state index contributed by atoms with van der Waals surface area (Å²) in [4.78, 5) is 16.8. The summed E-state index contributed by atoms with van der Waals surface area (Å²) >= 11 is 1.37. The van der Waals surface area contributed by atoms with Crippen molar-refractivity contribution in [3.8, 4) is 0 Å². The molecule has 1 atom stereocenters. The highest BCUT2D eigenvalue weighted by atomic mass is 32.2. The van der Waals surface area contributed by atoms with Crippen molar-refractivity contribution < 1.29 is 4.79 Å². The van der Waals surface area contributed by atoms with E-state index in [2.05, 4.69) is 27.3 Å². The average Bonchev–Trinajstić information content (AvgIpc) is 3.02. The summed E-state index contributed by atoms with van der Waals surface area (Å²) in [6.45, 7) is 1.88. The van der Waals surface area contributed by atoms with Gasteiger partial charge in [0, 0.05) is 12.0 Å². The molecule has 3 aromatic rings. The van der Waals surface area contributed by atoms with Gasteiger partial charge >= 0.3 is 0 Å². The molecule has 1 aromatic heterocycles. The molecule has 0 saturated heterocycles. The number of nitrogens with one attached hydrogen (secondary N) is 1. The maximum absolute atomic E-state index is 12.4. The van der Waals surface area contributed by atoms with Crippen LogP contribution in [0.5, 0.6) is 0 Å². The fourth-order valence-electron chi connectivity index (χ4n) is 2.25. The molecule has 1 unspecified atom stereocenters. The monoisotopic (exact) mass is 323 g/mol. The highest BCUT2D eigenvalue weighted by Crippen LogP contribution is 2.22. The van der Waals surface area contributed by atoms with Crippen LogP contribution in [-0.2, 0) is 6.42 Å². The molecule has 116 valence electrons.